The lowest BCUT2D eigenvalue weighted by molar-refractivity contribution is 0.354. The second kappa shape index (κ2) is 6.63. The Balaban J connectivity index is 2.10. The molecule has 0 radical (unpaired) electrons. The van der Waals surface area contributed by atoms with Crippen molar-refractivity contribution < 1.29 is 9.47 Å². The third kappa shape index (κ3) is 3.05. The summed E-state index contributed by atoms with van der Waals surface area (Å²) in [6.07, 6.45) is 3.67. The maximum absolute atomic E-state index is 6.34. The van der Waals surface area contributed by atoms with Crippen LogP contribution in [-0.2, 0) is 6.54 Å². The van der Waals surface area contributed by atoms with Crippen molar-refractivity contribution in [2.45, 2.75) is 19.5 Å². The summed E-state index contributed by atoms with van der Waals surface area (Å²) in [5.41, 5.74) is 2.06. The van der Waals surface area contributed by atoms with E-state index >= 15 is 0 Å². The van der Waals surface area contributed by atoms with Crippen molar-refractivity contribution in [3.8, 4) is 11.5 Å². The summed E-state index contributed by atoms with van der Waals surface area (Å²) >= 11 is 6.34. The number of aromatic amines is 1. The smallest absolute Gasteiger partial charge is 0.179 e. The number of hydrogen-bond acceptors (Lipinski definition) is 4. The van der Waals surface area contributed by atoms with Crippen LogP contribution in [0.4, 0.5) is 0 Å². The summed E-state index contributed by atoms with van der Waals surface area (Å²) in [5, 5.41) is 10.7. The molecule has 0 saturated carbocycles. The van der Waals surface area contributed by atoms with Gasteiger partial charge in [0, 0.05) is 24.3 Å². The lowest BCUT2D eigenvalue weighted by atomic mass is 10.1. The molecule has 0 fully saturated rings. The van der Waals surface area contributed by atoms with Crippen LogP contribution in [0.15, 0.2) is 24.5 Å². The Morgan fingerprint density at radius 2 is 2.15 bits per heavy atom. The van der Waals surface area contributed by atoms with E-state index in [0.29, 0.717) is 23.1 Å². The summed E-state index contributed by atoms with van der Waals surface area (Å²) < 4.78 is 10.5. The van der Waals surface area contributed by atoms with Crippen molar-refractivity contribution >= 4 is 11.6 Å². The zero-order valence-electron chi connectivity index (χ0n) is 11.7. The molecule has 0 saturated heterocycles. The van der Waals surface area contributed by atoms with Crippen LogP contribution in [0.1, 0.15) is 24.1 Å². The van der Waals surface area contributed by atoms with Crippen LogP contribution in [-0.4, -0.2) is 24.4 Å². The first-order valence-corrected chi connectivity index (χ1v) is 6.66. The summed E-state index contributed by atoms with van der Waals surface area (Å²) in [4.78, 5) is 0. The highest BCUT2D eigenvalue weighted by molar-refractivity contribution is 6.33. The van der Waals surface area contributed by atoms with Gasteiger partial charge < -0.3 is 14.8 Å². The Bertz CT molecular complexity index is 558. The van der Waals surface area contributed by atoms with Gasteiger partial charge in [0.1, 0.15) is 0 Å². The number of rotatable bonds is 6. The van der Waals surface area contributed by atoms with Crippen LogP contribution >= 0.6 is 11.6 Å². The number of methoxy groups -OCH3 is 2. The van der Waals surface area contributed by atoms with Gasteiger partial charge in [-0.05, 0) is 18.6 Å². The van der Waals surface area contributed by atoms with Crippen molar-refractivity contribution in [3.63, 3.8) is 0 Å². The van der Waals surface area contributed by atoms with Crippen LogP contribution in [0.5, 0.6) is 11.5 Å². The predicted octanol–water partition coefficient (Wildman–Crippen LogP) is 2.93. The van der Waals surface area contributed by atoms with E-state index < -0.39 is 0 Å². The number of hydrogen-bond donors (Lipinski definition) is 2. The van der Waals surface area contributed by atoms with Crippen molar-refractivity contribution in [3.05, 3.63) is 40.7 Å². The van der Waals surface area contributed by atoms with E-state index in [1.54, 1.807) is 20.4 Å². The molecule has 0 aliphatic heterocycles. The molecule has 2 aromatic rings. The van der Waals surface area contributed by atoms with Crippen LogP contribution < -0.4 is 14.8 Å². The molecule has 0 amide bonds. The Hall–Kier alpha value is -1.72. The first-order valence-electron chi connectivity index (χ1n) is 6.28. The van der Waals surface area contributed by atoms with Gasteiger partial charge in [0.15, 0.2) is 11.5 Å². The summed E-state index contributed by atoms with van der Waals surface area (Å²) in [6, 6.07) is 3.96. The second-order valence-electron chi connectivity index (χ2n) is 4.41. The van der Waals surface area contributed by atoms with E-state index in [1.165, 1.54) is 0 Å². The minimum Gasteiger partial charge on any atom is -0.493 e. The fourth-order valence-electron chi connectivity index (χ4n) is 1.95. The highest BCUT2D eigenvalue weighted by Gasteiger charge is 2.14. The van der Waals surface area contributed by atoms with Gasteiger partial charge in [0.05, 0.1) is 25.4 Å². The van der Waals surface area contributed by atoms with Gasteiger partial charge in [-0.2, -0.15) is 5.10 Å². The Labute approximate surface area is 123 Å². The van der Waals surface area contributed by atoms with Crippen molar-refractivity contribution in [1.82, 2.24) is 15.5 Å². The SMILES string of the molecule is COc1ccc(CNC(C)c2cn[nH]c2)c(Cl)c1OC. The predicted molar refractivity (Wildman–Crippen MR) is 78.4 cm³/mol. The van der Waals surface area contributed by atoms with Crippen molar-refractivity contribution in [2.24, 2.45) is 0 Å². The molecule has 108 valence electrons. The molecule has 0 aliphatic carbocycles. The average Bonchev–Trinajstić information content (AvgIpc) is 2.99. The van der Waals surface area contributed by atoms with Crippen LogP contribution in [0.2, 0.25) is 5.02 Å². The molecule has 6 heteroatoms. The van der Waals surface area contributed by atoms with Gasteiger partial charge in [-0.3, -0.25) is 5.10 Å². The van der Waals surface area contributed by atoms with Gasteiger partial charge in [-0.1, -0.05) is 17.7 Å². The molecule has 0 spiro atoms. The van der Waals surface area contributed by atoms with Crippen molar-refractivity contribution in [1.29, 1.82) is 0 Å². The van der Waals surface area contributed by atoms with Gasteiger partial charge in [0.25, 0.3) is 0 Å². The first kappa shape index (κ1) is 14.7. The second-order valence-corrected chi connectivity index (χ2v) is 4.79. The number of aromatic nitrogens is 2. The fourth-order valence-corrected chi connectivity index (χ4v) is 2.25. The lowest BCUT2D eigenvalue weighted by Gasteiger charge is -2.15. The number of H-pyrrole nitrogens is 1. The van der Waals surface area contributed by atoms with Crippen molar-refractivity contribution in [2.75, 3.05) is 14.2 Å². The highest BCUT2D eigenvalue weighted by Crippen LogP contribution is 2.37. The Kier molecular flexibility index (Phi) is 4.87. The number of nitrogens with zero attached hydrogens (tertiary/aromatic N) is 1. The molecule has 2 rings (SSSR count). The fraction of sp³-hybridized carbons (Fsp3) is 0.357. The minimum atomic E-state index is 0.179. The zero-order valence-corrected chi connectivity index (χ0v) is 12.5. The van der Waals surface area contributed by atoms with Crippen LogP contribution in [0.3, 0.4) is 0 Å². The molecular formula is C14H18ClN3O2. The molecule has 1 unspecified atom stereocenters. The lowest BCUT2D eigenvalue weighted by Crippen LogP contribution is -2.18. The molecule has 1 aromatic carbocycles. The third-order valence-corrected chi connectivity index (χ3v) is 3.60. The molecule has 1 atom stereocenters. The minimum absolute atomic E-state index is 0.179. The molecule has 2 N–H and O–H groups in total. The number of benzene rings is 1. The molecule has 0 bridgehead atoms. The standard InChI is InChI=1S/C14H18ClN3O2/c1-9(11-7-17-18-8-11)16-6-10-4-5-12(19-2)14(20-3)13(10)15/h4-5,7-9,16H,6H2,1-3H3,(H,17,18). The molecular weight excluding hydrogens is 278 g/mol. The molecule has 1 aromatic heterocycles. The number of halogens is 1. The van der Waals surface area contributed by atoms with Gasteiger partial charge in [-0.15, -0.1) is 0 Å². The summed E-state index contributed by atoms with van der Waals surface area (Å²) in [7, 11) is 3.17. The third-order valence-electron chi connectivity index (χ3n) is 3.18. The topological polar surface area (TPSA) is 59.2 Å². The van der Waals surface area contributed by atoms with E-state index in [2.05, 4.69) is 22.4 Å². The average molecular weight is 296 g/mol. The Morgan fingerprint density at radius 3 is 2.75 bits per heavy atom. The quantitative estimate of drug-likeness (QED) is 0.860. The normalized spacial score (nSPS) is 12.2. The molecule has 1 heterocycles. The van der Waals surface area contributed by atoms with Gasteiger partial charge in [0.2, 0.25) is 0 Å². The summed E-state index contributed by atoms with van der Waals surface area (Å²) in [6.45, 7) is 2.70. The number of ether oxygens (including phenoxy) is 2. The maximum atomic E-state index is 6.34. The van der Waals surface area contributed by atoms with Gasteiger partial charge in [-0.25, -0.2) is 0 Å². The first-order chi connectivity index (χ1) is 9.67. The zero-order chi connectivity index (χ0) is 14.5. The highest BCUT2D eigenvalue weighted by atomic mass is 35.5. The van der Waals surface area contributed by atoms with Crippen LogP contribution in [0.25, 0.3) is 0 Å². The van der Waals surface area contributed by atoms with E-state index in [9.17, 15) is 0 Å². The molecule has 20 heavy (non-hydrogen) atoms. The molecule has 5 nitrogen and oxygen atoms in total. The van der Waals surface area contributed by atoms with E-state index in [1.807, 2.05) is 18.3 Å². The van der Waals surface area contributed by atoms with Gasteiger partial charge >= 0.3 is 0 Å². The molecule has 0 aliphatic rings. The van der Waals surface area contributed by atoms with E-state index in [0.717, 1.165) is 11.1 Å². The monoisotopic (exact) mass is 295 g/mol. The summed E-state index contributed by atoms with van der Waals surface area (Å²) in [5.74, 6) is 1.19. The largest absolute Gasteiger partial charge is 0.493 e. The van der Waals surface area contributed by atoms with E-state index in [4.69, 9.17) is 21.1 Å². The van der Waals surface area contributed by atoms with E-state index in [-0.39, 0.29) is 6.04 Å². The maximum Gasteiger partial charge on any atom is 0.179 e. The number of nitrogens with one attached hydrogen (secondary N) is 2. The Morgan fingerprint density at radius 1 is 1.35 bits per heavy atom. The van der Waals surface area contributed by atoms with Crippen LogP contribution in [0, 0.1) is 0 Å².